The summed E-state index contributed by atoms with van der Waals surface area (Å²) in [5, 5.41) is 0. The van der Waals surface area contributed by atoms with E-state index in [1.807, 2.05) is 4.90 Å². The van der Waals surface area contributed by atoms with Gasteiger partial charge in [0.1, 0.15) is 0 Å². The molecule has 0 aliphatic carbocycles. The van der Waals surface area contributed by atoms with Gasteiger partial charge in [0.15, 0.2) is 0 Å². The van der Waals surface area contributed by atoms with Crippen molar-refractivity contribution in [2.24, 2.45) is 0 Å². The topological polar surface area (TPSA) is 29.5 Å². The number of amides is 1. The van der Waals surface area contributed by atoms with Crippen LogP contribution in [-0.2, 0) is 4.74 Å². The number of ether oxygens (including phenoxy) is 1. The predicted molar refractivity (Wildman–Crippen MR) is 51.6 cm³/mol. The van der Waals surface area contributed by atoms with Crippen LogP contribution in [0.25, 0.3) is 0 Å². The fourth-order valence-electron chi connectivity index (χ4n) is 2.20. The molecule has 0 aromatic heterocycles. The third-order valence-electron chi connectivity index (χ3n) is 2.87. The number of likely N-dealkylation sites (tertiary alicyclic amines) is 1. The minimum Gasteiger partial charge on any atom is -0.453 e. The molecule has 1 unspecified atom stereocenters. The quantitative estimate of drug-likeness (QED) is 0.580. The second-order valence-electron chi connectivity index (χ2n) is 4.39. The van der Waals surface area contributed by atoms with E-state index in [1.165, 1.54) is 13.5 Å². The normalized spacial score (nSPS) is 27.1. The Kier molecular flexibility index (Phi) is 2.84. The van der Waals surface area contributed by atoms with Gasteiger partial charge in [-0.05, 0) is 40.0 Å². The molecule has 1 amide bonds. The number of hydrogen-bond donors (Lipinski definition) is 0. The van der Waals surface area contributed by atoms with Crippen LogP contribution in [0, 0.1) is 0 Å². The fraction of sp³-hybridized carbons (Fsp3) is 0.900. The molecule has 3 nitrogen and oxygen atoms in total. The van der Waals surface area contributed by atoms with Gasteiger partial charge in [0, 0.05) is 11.6 Å². The highest BCUT2D eigenvalue weighted by Gasteiger charge is 2.38. The van der Waals surface area contributed by atoms with Crippen LogP contribution >= 0.6 is 0 Å². The average Bonchev–Trinajstić information content (AvgIpc) is 2.02. The van der Waals surface area contributed by atoms with E-state index in [9.17, 15) is 4.79 Å². The summed E-state index contributed by atoms with van der Waals surface area (Å²) in [6.07, 6.45) is 3.14. The first-order valence-corrected chi connectivity index (χ1v) is 4.86. The van der Waals surface area contributed by atoms with Crippen molar-refractivity contribution < 1.29 is 9.53 Å². The molecular weight excluding hydrogens is 166 g/mol. The molecule has 3 heteroatoms. The van der Waals surface area contributed by atoms with Gasteiger partial charge in [-0.25, -0.2) is 4.79 Å². The van der Waals surface area contributed by atoms with E-state index in [1.54, 1.807) is 0 Å². The lowest BCUT2D eigenvalue weighted by Gasteiger charge is -2.45. The van der Waals surface area contributed by atoms with Gasteiger partial charge >= 0.3 is 6.09 Å². The van der Waals surface area contributed by atoms with Gasteiger partial charge in [0.2, 0.25) is 0 Å². The summed E-state index contributed by atoms with van der Waals surface area (Å²) < 4.78 is 4.78. The fourth-order valence-corrected chi connectivity index (χ4v) is 2.20. The Hall–Kier alpha value is -0.730. The summed E-state index contributed by atoms with van der Waals surface area (Å²) in [6.45, 7) is 6.27. The number of hydrogen-bond acceptors (Lipinski definition) is 2. The summed E-state index contributed by atoms with van der Waals surface area (Å²) in [7, 11) is 1.44. The van der Waals surface area contributed by atoms with Gasteiger partial charge in [-0.3, -0.25) is 0 Å². The van der Waals surface area contributed by atoms with Crippen LogP contribution in [0.4, 0.5) is 4.79 Å². The summed E-state index contributed by atoms with van der Waals surface area (Å²) in [4.78, 5) is 13.4. The first-order valence-electron chi connectivity index (χ1n) is 4.86. The lowest BCUT2D eigenvalue weighted by atomic mass is 9.87. The zero-order chi connectivity index (χ0) is 10.1. The molecule has 0 bridgehead atoms. The highest BCUT2D eigenvalue weighted by Crippen LogP contribution is 2.31. The molecule has 0 radical (unpaired) electrons. The Morgan fingerprint density at radius 2 is 2.15 bits per heavy atom. The van der Waals surface area contributed by atoms with Gasteiger partial charge in [-0.15, -0.1) is 0 Å². The molecule has 76 valence electrons. The van der Waals surface area contributed by atoms with Crippen LogP contribution in [0.1, 0.15) is 40.0 Å². The van der Waals surface area contributed by atoms with Gasteiger partial charge in [0.05, 0.1) is 7.11 Å². The van der Waals surface area contributed by atoms with Gasteiger partial charge in [0.25, 0.3) is 0 Å². The summed E-state index contributed by atoms with van der Waals surface area (Å²) in [6, 6.07) is 0.302. The van der Waals surface area contributed by atoms with Crippen molar-refractivity contribution in [1.29, 1.82) is 0 Å². The minimum atomic E-state index is -0.197. The molecule has 0 aromatic carbocycles. The van der Waals surface area contributed by atoms with Crippen molar-refractivity contribution in [1.82, 2.24) is 4.90 Å². The third kappa shape index (κ3) is 1.95. The molecule has 1 aliphatic heterocycles. The predicted octanol–water partition coefficient (Wildman–Crippen LogP) is 2.41. The second kappa shape index (κ2) is 3.56. The van der Waals surface area contributed by atoms with Gasteiger partial charge in [-0.1, -0.05) is 0 Å². The lowest BCUT2D eigenvalue weighted by Crippen LogP contribution is -2.54. The first kappa shape index (κ1) is 10.4. The lowest BCUT2D eigenvalue weighted by molar-refractivity contribution is 0.0267. The number of methoxy groups -OCH3 is 1. The van der Waals surface area contributed by atoms with Gasteiger partial charge in [-0.2, -0.15) is 0 Å². The zero-order valence-corrected chi connectivity index (χ0v) is 8.96. The number of carbonyl (C=O) groups excluding carboxylic acids is 1. The SMILES string of the molecule is COC(=O)N1C(C)CCCC1(C)C. The number of carbonyl (C=O) groups is 1. The highest BCUT2D eigenvalue weighted by atomic mass is 16.5. The maximum absolute atomic E-state index is 11.5. The van der Waals surface area contributed by atoms with E-state index in [0.717, 1.165) is 12.8 Å². The van der Waals surface area contributed by atoms with E-state index in [-0.39, 0.29) is 11.6 Å². The summed E-state index contributed by atoms with van der Waals surface area (Å²) >= 11 is 0. The molecule has 0 saturated carbocycles. The van der Waals surface area contributed by atoms with E-state index in [0.29, 0.717) is 6.04 Å². The van der Waals surface area contributed by atoms with Crippen molar-refractivity contribution in [3.8, 4) is 0 Å². The molecule has 0 spiro atoms. The zero-order valence-electron chi connectivity index (χ0n) is 8.96. The van der Waals surface area contributed by atoms with E-state index in [4.69, 9.17) is 4.74 Å². The molecule has 1 saturated heterocycles. The molecule has 1 aliphatic rings. The summed E-state index contributed by atoms with van der Waals surface area (Å²) in [5.74, 6) is 0. The molecule has 1 heterocycles. The molecule has 1 fully saturated rings. The Morgan fingerprint density at radius 1 is 1.54 bits per heavy atom. The maximum atomic E-state index is 11.5. The van der Waals surface area contributed by atoms with E-state index in [2.05, 4.69) is 20.8 Å². The van der Waals surface area contributed by atoms with Crippen LogP contribution in [-0.4, -0.2) is 29.7 Å². The third-order valence-corrected chi connectivity index (χ3v) is 2.87. The Bertz CT molecular complexity index is 201. The van der Waals surface area contributed by atoms with Crippen LogP contribution in [0.2, 0.25) is 0 Å². The molecular formula is C10H19NO2. The molecule has 0 N–H and O–H groups in total. The van der Waals surface area contributed by atoms with Crippen molar-refractivity contribution >= 4 is 6.09 Å². The molecule has 1 rings (SSSR count). The molecule has 13 heavy (non-hydrogen) atoms. The number of piperidine rings is 1. The largest absolute Gasteiger partial charge is 0.453 e. The van der Waals surface area contributed by atoms with E-state index < -0.39 is 0 Å². The Balaban J connectivity index is 2.80. The van der Waals surface area contributed by atoms with Crippen molar-refractivity contribution in [3.05, 3.63) is 0 Å². The minimum absolute atomic E-state index is 0.0508. The van der Waals surface area contributed by atoms with Crippen molar-refractivity contribution in [2.75, 3.05) is 7.11 Å². The number of rotatable bonds is 0. The smallest absolute Gasteiger partial charge is 0.410 e. The number of nitrogens with zero attached hydrogens (tertiary/aromatic N) is 1. The molecule has 0 aromatic rings. The van der Waals surface area contributed by atoms with Crippen LogP contribution < -0.4 is 0 Å². The maximum Gasteiger partial charge on any atom is 0.410 e. The Morgan fingerprint density at radius 3 is 2.62 bits per heavy atom. The van der Waals surface area contributed by atoms with Crippen LogP contribution in [0.5, 0.6) is 0 Å². The Labute approximate surface area is 80.1 Å². The van der Waals surface area contributed by atoms with E-state index >= 15 is 0 Å². The summed E-state index contributed by atoms with van der Waals surface area (Å²) in [5.41, 5.74) is -0.0508. The van der Waals surface area contributed by atoms with Crippen LogP contribution in [0.3, 0.4) is 0 Å². The van der Waals surface area contributed by atoms with Crippen LogP contribution in [0.15, 0.2) is 0 Å². The monoisotopic (exact) mass is 185 g/mol. The van der Waals surface area contributed by atoms with Crippen molar-refractivity contribution in [3.63, 3.8) is 0 Å². The van der Waals surface area contributed by atoms with Crippen molar-refractivity contribution in [2.45, 2.75) is 51.6 Å². The second-order valence-corrected chi connectivity index (χ2v) is 4.39. The first-order chi connectivity index (χ1) is 5.99. The average molecular weight is 185 g/mol. The highest BCUT2D eigenvalue weighted by molar-refractivity contribution is 5.69. The van der Waals surface area contributed by atoms with Gasteiger partial charge < -0.3 is 9.64 Å². The standard InChI is InChI=1S/C10H19NO2/c1-8-6-5-7-10(2,3)11(8)9(12)13-4/h8H,5-7H2,1-4H3. The molecule has 1 atom stereocenters.